The lowest BCUT2D eigenvalue weighted by molar-refractivity contribution is 0.194. The van der Waals surface area contributed by atoms with Crippen molar-refractivity contribution in [2.24, 2.45) is 14.1 Å². The van der Waals surface area contributed by atoms with Crippen LogP contribution in [0.1, 0.15) is 44.2 Å². The Labute approximate surface area is 166 Å². The highest BCUT2D eigenvalue weighted by molar-refractivity contribution is 5.84. The molecule has 1 atom stereocenters. The zero-order valence-electron chi connectivity index (χ0n) is 17.5. The van der Waals surface area contributed by atoms with Gasteiger partial charge in [-0.3, -0.25) is 9.13 Å². The summed E-state index contributed by atoms with van der Waals surface area (Å²) in [7, 11) is 3.67. The second-order valence-corrected chi connectivity index (χ2v) is 8.17. The van der Waals surface area contributed by atoms with Crippen molar-refractivity contribution < 1.29 is 0 Å². The molecular formula is C22H31N5O. The number of rotatable bonds is 5. The molecule has 0 unspecified atom stereocenters. The molecular weight excluding hydrogens is 350 g/mol. The summed E-state index contributed by atoms with van der Waals surface area (Å²) in [5.41, 5.74) is 5.41. The monoisotopic (exact) mass is 381 g/mol. The molecule has 1 aromatic carbocycles. The molecule has 1 fully saturated rings. The first-order valence-corrected chi connectivity index (χ1v) is 10.4. The third-order valence-electron chi connectivity index (χ3n) is 6.34. The Kier molecular flexibility index (Phi) is 5.15. The number of fused-ring (bicyclic) bond motifs is 1. The van der Waals surface area contributed by atoms with Crippen LogP contribution >= 0.6 is 0 Å². The van der Waals surface area contributed by atoms with Crippen LogP contribution in [-0.2, 0) is 14.1 Å². The van der Waals surface area contributed by atoms with Crippen molar-refractivity contribution in [3.05, 3.63) is 40.7 Å². The molecule has 28 heavy (non-hydrogen) atoms. The zero-order valence-corrected chi connectivity index (χ0v) is 17.5. The van der Waals surface area contributed by atoms with Crippen molar-refractivity contribution >= 4 is 11.0 Å². The molecule has 6 heteroatoms. The Morgan fingerprint density at radius 1 is 1.07 bits per heavy atom. The highest BCUT2D eigenvalue weighted by Gasteiger charge is 2.20. The smallest absolute Gasteiger partial charge is 0.326 e. The highest BCUT2D eigenvalue weighted by atomic mass is 16.1. The van der Waals surface area contributed by atoms with Gasteiger partial charge in [0.25, 0.3) is 0 Å². The number of hydrogen-bond acceptors (Lipinski definition) is 3. The number of imidazole rings is 2. The van der Waals surface area contributed by atoms with Crippen molar-refractivity contribution in [2.75, 3.05) is 19.6 Å². The zero-order chi connectivity index (χ0) is 19.8. The first-order valence-electron chi connectivity index (χ1n) is 10.4. The number of likely N-dealkylation sites (tertiary alicyclic amines) is 1. The van der Waals surface area contributed by atoms with E-state index in [1.165, 1.54) is 37.9 Å². The fourth-order valence-electron chi connectivity index (χ4n) is 4.58. The van der Waals surface area contributed by atoms with Crippen molar-refractivity contribution in [1.29, 1.82) is 0 Å². The van der Waals surface area contributed by atoms with Gasteiger partial charge in [-0.1, -0.05) is 13.3 Å². The molecule has 1 aliphatic heterocycles. The molecule has 0 amide bonds. The number of piperidine rings is 1. The molecule has 0 saturated carbocycles. The minimum absolute atomic E-state index is 0.0107. The van der Waals surface area contributed by atoms with Gasteiger partial charge < -0.3 is 9.47 Å². The quantitative estimate of drug-likeness (QED) is 0.680. The van der Waals surface area contributed by atoms with E-state index in [0.29, 0.717) is 6.04 Å². The van der Waals surface area contributed by atoms with Crippen LogP contribution in [0.15, 0.2) is 29.5 Å². The Bertz CT molecular complexity index is 1040. The van der Waals surface area contributed by atoms with Crippen LogP contribution in [0, 0.1) is 6.92 Å². The Hall–Kier alpha value is -2.34. The second kappa shape index (κ2) is 7.59. The van der Waals surface area contributed by atoms with E-state index in [1.54, 1.807) is 9.13 Å². The normalized spacial score (nSPS) is 16.7. The lowest BCUT2D eigenvalue weighted by atomic mass is 10.0. The van der Waals surface area contributed by atoms with Crippen LogP contribution in [0.3, 0.4) is 0 Å². The Morgan fingerprint density at radius 2 is 1.75 bits per heavy atom. The van der Waals surface area contributed by atoms with Gasteiger partial charge in [0.1, 0.15) is 0 Å². The van der Waals surface area contributed by atoms with E-state index in [4.69, 9.17) is 0 Å². The van der Waals surface area contributed by atoms with E-state index in [1.807, 2.05) is 26.6 Å². The van der Waals surface area contributed by atoms with E-state index < -0.39 is 0 Å². The summed E-state index contributed by atoms with van der Waals surface area (Å²) in [6, 6.07) is 4.67. The fourth-order valence-corrected chi connectivity index (χ4v) is 4.58. The molecule has 3 heterocycles. The maximum Gasteiger partial charge on any atom is 0.328 e. The van der Waals surface area contributed by atoms with E-state index in [2.05, 4.69) is 40.4 Å². The molecule has 4 rings (SSSR count). The van der Waals surface area contributed by atoms with Gasteiger partial charge in [0.05, 0.1) is 29.3 Å². The van der Waals surface area contributed by atoms with Gasteiger partial charge in [-0.15, -0.1) is 0 Å². The Morgan fingerprint density at radius 3 is 2.43 bits per heavy atom. The Balaban J connectivity index is 1.74. The van der Waals surface area contributed by atoms with E-state index in [-0.39, 0.29) is 5.69 Å². The number of aromatic nitrogens is 4. The summed E-state index contributed by atoms with van der Waals surface area (Å²) < 4.78 is 5.78. The first-order chi connectivity index (χ1) is 13.5. The minimum atomic E-state index is 0.0107. The molecule has 6 nitrogen and oxygen atoms in total. The number of benzene rings is 1. The van der Waals surface area contributed by atoms with Gasteiger partial charge in [-0.25, -0.2) is 9.78 Å². The molecule has 2 aromatic heterocycles. The summed E-state index contributed by atoms with van der Waals surface area (Å²) in [5.74, 6) is 0. The molecule has 0 bridgehead atoms. The van der Waals surface area contributed by atoms with E-state index >= 15 is 0 Å². The average molecular weight is 382 g/mol. The molecule has 0 N–H and O–H groups in total. The third kappa shape index (κ3) is 3.20. The summed E-state index contributed by atoms with van der Waals surface area (Å²) >= 11 is 0. The molecule has 1 saturated heterocycles. The maximum absolute atomic E-state index is 12.3. The predicted molar refractivity (Wildman–Crippen MR) is 114 cm³/mol. The fraction of sp³-hybridized carbons (Fsp3) is 0.545. The first kappa shape index (κ1) is 19.0. The van der Waals surface area contributed by atoms with Gasteiger partial charge in [-0.05, 0) is 57.0 Å². The van der Waals surface area contributed by atoms with Crippen molar-refractivity contribution in [3.63, 3.8) is 0 Å². The summed E-state index contributed by atoms with van der Waals surface area (Å²) in [6.07, 6.45) is 8.99. The topological polar surface area (TPSA) is 48.0 Å². The molecule has 0 radical (unpaired) electrons. The van der Waals surface area contributed by atoms with E-state index in [9.17, 15) is 4.79 Å². The van der Waals surface area contributed by atoms with Gasteiger partial charge in [0.2, 0.25) is 0 Å². The van der Waals surface area contributed by atoms with Crippen molar-refractivity contribution in [3.8, 4) is 11.3 Å². The number of aryl methyl sites for hydroxylation is 3. The lowest BCUT2D eigenvalue weighted by Gasteiger charge is -2.31. The number of hydrogen-bond donors (Lipinski definition) is 0. The van der Waals surface area contributed by atoms with Crippen LogP contribution < -0.4 is 5.69 Å². The third-order valence-corrected chi connectivity index (χ3v) is 6.34. The standard InChI is InChI=1S/C22H31N5O/c1-5-17(14-26-9-7-6-8-10-26)27-15-23-13-21(27)18-12-20-19(11-16(18)2)24(3)22(28)25(20)4/h11-13,15,17H,5-10,14H2,1-4H3/t17-/m1/s1. The number of nitrogens with zero attached hydrogens (tertiary/aromatic N) is 5. The maximum atomic E-state index is 12.3. The summed E-state index contributed by atoms with van der Waals surface area (Å²) in [4.78, 5) is 19.4. The van der Waals surface area contributed by atoms with Crippen molar-refractivity contribution in [1.82, 2.24) is 23.6 Å². The molecule has 0 aliphatic carbocycles. The summed E-state index contributed by atoms with van der Waals surface area (Å²) in [6.45, 7) is 7.87. The molecule has 150 valence electrons. The van der Waals surface area contributed by atoms with Gasteiger partial charge in [0, 0.05) is 32.2 Å². The van der Waals surface area contributed by atoms with Gasteiger partial charge in [-0.2, -0.15) is 0 Å². The van der Waals surface area contributed by atoms with Crippen LogP contribution in [-0.4, -0.2) is 43.2 Å². The predicted octanol–water partition coefficient (Wildman–Crippen LogP) is 3.49. The lowest BCUT2D eigenvalue weighted by Crippen LogP contribution is -2.35. The summed E-state index contributed by atoms with van der Waals surface area (Å²) in [5, 5.41) is 0. The van der Waals surface area contributed by atoms with E-state index in [0.717, 1.165) is 35.3 Å². The van der Waals surface area contributed by atoms with Crippen molar-refractivity contribution in [2.45, 2.75) is 45.6 Å². The SMILES string of the molecule is CC[C@H](CN1CCCCC1)n1cncc1-c1cc2c(cc1C)n(C)c(=O)n2C. The second-order valence-electron chi connectivity index (χ2n) is 8.17. The average Bonchev–Trinajstić information content (AvgIpc) is 3.26. The molecule has 3 aromatic rings. The highest BCUT2D eigenvalue weighted by Crippen LogP contribution is 2.30. The van der Waals surface area contributed by atoms with Crippen LogP contribution in [0.4, 0.5) is 0 Å². The van der Waals surface area contributed by atoms with Gasteiger partial charge >= 0.3 is 5.69 Å². The van der Waals surface area contributed by atoms with Gasteiger partial charge in [0.15, 0.2) is 0 Å². The molecule has 0 spiro atoms. The largest absolute Gasteiger partial charge is 0.328 e. The van der Waals surface area contributed by atoms with Crippen LogP contribution in [0.5, 0.6) is 0 Å². The van der Waals surface area contributed by atoms with Crippen LogP contribution in [0.25, 0.3) is 22.3 Å². The molecule has 1 aliphatic rings. The van der Waals surface area contributed by atoms with Crippen LogP contribution in [0.2, 0.25) is 0 Å². The minimum Gasteiger partial charge on any atom is -0.326 e.